The molecule has 31 heavy (non-hydrogen) atoms. The van der Waals surface area contributed by atoms with Crippen LogP contribution in [0.4, 0.5) is 4.39 Å². The summed E-state index contributed by atoms with van der Waals surface area (Å²) in [5.41, 5.74) is 2.71. The van der Waals surface area contributed by atoms with Crippen LogP contribution >= 0.6 is 0 Å². The third-order valence-electron chi connectivity index (χ3n) is 6.69. The van der Waals surface area contributed by atoms with Gasteiger partial charge in [-0.2, -0.15) is 0 Å². The molecule has 4 rings (SSSR count). The quantitative estimate of drug-likeness (QED) is 0.715. The van der Waals surface area contributed by atoms with E-state index in [1.54, 1.807) is 12.1 Å². The molecule has 2 aromatic carbocycles. The SMILES string of the molecule is C[C@H](CN1CCCC1)NC(=O)C1(Cc2cccc(-c3ccc(F)cc3)c2)CCOCC1. The van der Waals surface area contributed by atoms with Gasteiger partial charge in [0.05, 0.1) is 5.41 Å². The van der Waals surface area contributed by atoms with Gasteiger partial charge in [-0.25, -0.2) is 4.39 Å². The minimum atomic E-state index is -0.445. The number of amides is 1. The Morgan fingerprint density at radius 1 is 1.10 bits per heavy atom. The molecule has 0 bridgehead atoms. The summed E-state index contributed by atoms with van der Waals surface area (Å²) in [6, 6.07) is 15.0. The fourth-order valence-corrected chi connectivity index (χ4v) is 4.92. The summed E-state index contributed by atoms with van der Waals surface area (Å²) in [5.74, 6) is -0.0875. The van der Waals surface area contributed by atoms with Gasteiger partial charge >= 0.3 is 0 Å². The molecule has 166 valence electrons. The minimum Gasteiger partial charge on any atom is -0.381 e. The molecule has 0 saturated carbocycles. The maximum absolute atomic E-state index is 13.5. The van der Waals surface area contributed by atoms with Crippen molar-refractivity contribution in [2.45, 2.75) is 45.1 Å². The Hall–Kier alpha value is -2.24. The molecule has 2 heterocycles. The summed E-state index contributed by atoms with van der Waals surface area (Å²) in [7, 11) is 0. The van der Waals surface area contributed by atoms with Gasteiger partial charge < -0.3 is 15.0 Å². The molecule has 0 spiro atoms. The van der Waals surface area contributed by atoms with Gasteiger partial charge in [-0.1, -0.05) is 36.4 Å². The fourth-order valence-electron chi connectivity index (χ4n) is 4.92. The molecule has 1 atom stereocenters. The monoisotopic (exact) mass is 424 g/mol. The van der Waals surface area contributed by atoms with Gasteiger partial charge in [-0.15, -0.1) is 0 Å². The van der Waals surface area contributed by atoms with E-state index >= 15 is 0 Å². The summed E-state index contributed by atoms with van der Waals surface area (Å²) < 4.78 is 18.9. The van der Waals surface area contributed by atoms with Crippen LogP contribution in [0.1, 0.15) is 38.2 Å². The highest BCUT2D eigenvalue weighted by atomic mass is 19.1. The lowest BCUT2D eigenvalue weighted by molar-refractivity contribution is -0.137. The van der Waals surface area contributed by atoms with Crippen molar-refractivity contribution in [2.75, 3.05) is 32.8 Å². The van der Waals surface area contributed by atoms with E-state index in [0.29, 0.717) is 19.6 Å². The minimum absolute atomic E-state index is 0.135. The average molecular weight is 425 g/mol. The standard InChI is InChI=1S/C26H33FN2O2/c1-20(19-29-13-2-3-14-29)28-25(30)26(11-15-31-16-12-26)18-21-5-4-6-23(17-21)22-7-9-24(27)10-8-22/h4-10,17,20H,2-3,11-16,18-19H2,1H3,(H,28,30)/t20-/m1/s1. The Balaban J connectivity index is 1.49. The van der Waals surface area contributed by atoms with Gasteiger partial charge in [0.25, 0.3) is 0 Å². The van der Waals surface area contributed by atoms with E-state index in [9.17, 15) is 9.18 Å². The van der Waals surface area contributed by atoms with E-state index in [4.69, 9.17) is 4.74 Å². The van der Waals surface area contributed by atoms with E-state index in [-0.39, 0.29) is 17.8 Å². The number of halogens is 1. The van der Waals surface area contributed by atoms with Crippen LogP contribution in [0.5, 0.6) is 0 Å². The Labute approximate surface area is 184 Å². The lowest BCUT2D eigenvalue weighted by atomic mass is 9.74. The van der Waals surface area contributed by atoms with Crippen LogP contribution in [0.3, 0.4) is 0 Å². The van der Waals surface area contributed by atoms with Gasteiger partial charge in [-0.3, -0.25) is 4.79 Å². The summed E-state index contributed by atoms with van der Waals surface area (Å²) in [6.07, 6.45) is 4.67. The molecule has 2 aliphatic heterocycles. The first kappa shape index (κ1) is 22.0. The highest BCUT2D eigenvalue weighted by molar-refractivity contribution is 5.83. The Bertz CT molecular complexity index is 871. The van der Waals surface area contributed by atoms with Crippen molar-refractivity contribution in [2.24, 2.45) is 5.41 Å². The molecule has 1 amide bonds. The maximum Gasteiger partial charge on any atom is 0.226 e. The van der Waals surface area contributed by atoms with Crippen molar-refractivity contribution in [3.63, 3.8) is 0 Å². The Morgan fingerprint density at radius 3 is 2.52 bits per heavy atom. The number of ether oxygens (including phenoxy) is 1. The number of nitrogens with zero attached hydrogens (tertiary/aromatic N) is 1. The van der Waals surface area contributed by atoms with Gasteiger partial charge in [0.2, 0.25) is 5.91 Å². The molecular weight excluding hydrogens is 391 g/mol. The number of benzene rings is 2. The maximum atomic E-state index is 13.5. The zero-order valence-electron chi connectivity index (χ0n) is 18.4. The van der Waals surface area contributed by atoms with Crippen LogP contribution in [-0.4, -0.2) is 49.7 Å². The van der Waals surface area contributed by atoms with Crippen LogP contribution in [0.25, 0.3) is 11.1 Å². The second-order valence-corrected chi connectivity index (χ2v) is 9.16. The molecule has 0 radical (unpaired) electrons. The van der Waals surface area contributed by atoms with Crippen molar-refractivity contribution < 1.29 is 13.9 Å². The number of carbonyl (C=O) groups excluding carboxylic acids is 1. The molecule has 2 saturated heterocycles. The predicted molar refractivity (Wildman–Crippen MR) is 121 cm³/mol. The average Bonchev–Trinajstić information content (AvgIpc) is 3.28. The first-order valence-corrected chi connectivity index (χ1v) is 11.5. The Kier molecular flexibility index (Phi) is 7.03. The summed E-state index contributed by atoms with van der Waals surface area (Å²) in [5, 5.41) is 3.31. The highest BCUT2D eigenvalue weighted by Crippen LogP contribution is 2.36. The Morgan fingerprint density at radius 2 is 1.81 bits per heavy atom. The normalized spacial score (nSPS) is 19.8. The summed E-state index contributed by atoms with van der Waals surface area (Å²) >= 11 is 0. The second kappa shape index (κ2) is 9.92. The highest BCUT2D eigenvalue weighted by Gasteiger charge is 2.40. The van der Waals surface area contributed by atoms with Crippen LogP contribution in [0.15, 0.2) is 48.5 Å². The van der Waals surface area contributed by atoms with E-state index < -0.39 is 5.41 Å². The third-order valence-corrected chi connectivity index (χ3v) is 6.69. The lowest BCUT2D eigenvalue weighted by Crippen LogP contribution is -2.51. The molecule has 2 aromatic rings. The van der Waals surface area contributed by atoms with E-state index in [1.807, 2.05) is 12.1 Å². The van der Waals surface area contributed by atoms with Crippen molar-refractivity contribution in [1.82, 2.24) is 10.2 Å². The molecule has 1 N–H and O–H groups in total. The van der Waals surface area contributed by atoms with Crippen LogP contribution in [-0.2, 0) is 16.0 Å². The summed E-state index contributed by atoms with van der Waals surface area (Å²) in [4.78, 5) is 15.9. The molecule has 4 nitrogen and oxygen atoms in total. The first-order chi connectivity index (χ1) is 15.0. The zero-order valence-corrected chi connectivity index (χ0v) is 18.4. The smallest absolute Gasteiger partial charge is 0.226 e. The van der Waals surface area contributed by atoms with E-state index in [0.717, 1.165) is 49.2 Å². The lowest BCUT2D eigenvalue weighted by Gasteiger charge is -2.37. The topological polar surface area (TPSA) is 41.6 Å². The first-order valence-electron chi connectivity index (χ1n) is 11.5. The third kappa shape index (κ3) is 5.52. The second-order valence-electron chi connectivity index (χ2n) is 9.16. The number of carbonyl (C=O) groups is 1. The molecule has 2 fully saturated rings. The molecule has 2 aliphatic rings. The zero-order chi connectivity index (χ0) is 21.7. The fraction of sp³-hybridized carbons (Fsp3) is 0.500. The van der Waals surface area contributed by atoms with Gasteiger partial charge in [0.15, 0.2) is 0 Å². The predicted octanol–water partition coefficient (Wildman–Crippen LogP) is 4.43. The van der Waals surface area contributed by atoms with Crippen molar-refractivity contribution in [3.8, 4) is 11.1 Å². The van der Waals surface area contributed by atoms with Crippen LogP contribution < -0.4 is 5.32 Å². The molecule has 0 aromatic heterocycles. The van der Waals surface area contributed by atoms with E-state index in [1.165, 1.54) is 25.0 Å². The van der Waals surface area contributed by atoms with Crippen molar-refractivity contribution >= 4 is 5.91 Å². The number of nitrogens with one attached hydrogen (secondary N) is 1. The molecular formula is C26H33FN2O2. The van der Waals surface area contributed by atoms with Crippen LogP contribution in [0.2, 0.25) is 0 Å². The van der Waals surface area contributed by atoms with E-state index in [2.05, 4.69) is 29.3 Å². The number of hydrogen-bond donors (Lipinski definition) is 1. The van der Waals surface area contributed by atoms with Crippen molar-refractivity contribution in [3.05, 3.63) is 59.9 Å². The van der Waals surface area contributed by atoms with Gasteiger partial charge in [0.1, 0.15) is 5.82 Å². The number of likely N-dealkylation sites (tertiary alicyclic amines) is 1. The number of hydrogen-bond acceptors (Lipinski definition) is 3. The molecule has 5 heteroatoms. The summed E-state index contributed by atoms with van der Waals surface area (Å²) in [6.45, 7) is 6.53. The molecule has 0 aliphatic carbocycles. The largest absolute Gasteiger partial charge is 0.381 e. The number of rotatable bonds is 7. The van der Waals surface area contributed by atoms with Crippen LogP contribution in [0, 0.1) is 11.2 Å². The van der Waals surface area contributed by atoms with Crippen molar-refractivity contribution in [1.29, 1.82) is 0 Å². The van der Waals surface area contributed by atoms with Gasteiger partial charge in [-0.05, 0) is 80.9 Å². The molecule has 0 unspecified atom stereocenters. The van der Waals surface area contributed by atoms with Gasteiger partial charge in [0, 0.05) is 25.8 Å².